The molecule has 2 heterocycles. The van der Waals surface area contributed by atoms with Crippen LogP contribution >= 0.6 is 11.3 Å². The van der Waals surface area contributed by atoms with Crippen molar-refractivity contribution in [2.45, 2.75) is 20.3 Å². The van der Waals surface area contributed by atoms with Gasteiger partial charge < -0.3 is 21.3 Å². The summed E-state index contributed by atoms with van der Waals surface area (Å²) in [4.78, 5) is 19.1. The molecule has 1 amide bonds. The van der Waals surface area contributed by atoms with Gasteiger partial charge in [0, 0.05) is 26.2 Å². The van der Waals surface area contributed by atoms with Crippen LogP contribution in [0.1, 0.15) is 29.9 Å². The van der Waals surface area contributed by atoms with Crippen LogP contribution in [0.4, 0.5) is 10.9 Å². The van der Waals surface area contributed by atoms with Gasteiger partial charge >= 0.3 is 0 Å². The molecule has 1 aromatic heterocycles. The van der Waals surface area contributed by atoms with Crippen molar-refractivity contribution in [2.75, 3.05) is 43.8 Å². The second-order valence-electron chi connectivity index (χ2n) is 5.40. The van der Waals surface area contributed by atoms with Gasteiger partial charge in [-0.2, -0.15) is 0 Å². The van der Waals surface area contributed by atoms with Crippen molar-refractivity contribution >= 4 is 28.2 Å². The van der Waals surface area contributed by atoms with E-state index in [-0.39, 0.29) is 5.91 Å². The van der Waals surface area contributed by atoms with Gasteiger partial charge in [-0.05, 0) is 18.9 Å². The van der Waals surface area contributed by atoms with Crippen LogP contribution in [0.2, 0.25) is 0 Å². The topological polar surface area (TPSA) is 83.3 Å². The minimum absolute atomic E-state index is 0.00120. The zero-order valence-corrected chi connectivity index (χ0v) is 12.9. The number of nitrogen functional groups attached to an aromatic ring is 1. The summed E-state index contributed by atoms with van der Waals surface area (Å²) in [5, 5.41) is 7.24. The van der Waals surface area contributed by atoms with Crippen LogP contribution in [0.3, 0.4) is 0 Å². The molecular weight excluding hydrogens is 274 g/mol. The van der Waals surface area contributed by atoms with Crippen molar-refractivity contribution in [3.63, 3.8) is 0 Å². The number of hydrogen-bond acceptors (Lipinski definition) is 6. The van der Waals surface area contributed by atoms with Gasteiger partial charge in [0.1, 0.15) is 10.7 Å². The van der Waals surface area contributed by atoms with E-state index in [4.69, 9.17) is 5.73 Å². The highest BCUT2D eigenvalue weighted by Crippen LogP contribution is 2.26. The number of rotatable bonds is 4. The fraction of sp³-hybridized carbons (Fsp3) is 0.692. The van der Waals surface area contributed by atoms with Gasteiger partial charge in [-0.25, -0.2) is 4.98 Å². The maximum absolute atomic E-state index is 12.5. The molecule has 1 aliphatic rings. The van der Waals surface area contributed by atoms with E-state index in [0.29, 0.717) is 16.6 Å². The summed E-state index contributed by atoms with van der Waals surface area (Å²) in [6.07, 6.45) is 0.975. The Morgan fingerprint density at radius 3 is 3.05 bits per heavy atom. The van der Waals surface area contributed by atoms with Gasteiger partial charge in [0.15, 0.2) is 5.13 Å². The van der Waals surface area contributed by atoms with E-state index in [9.17, 15) is 4.79 Å². The van der Waals surface area contributed by atoms with Gasteiger partial charge in [0.05, 0.1) is 0 Å². The maximum atomic E-state index is 12.5. The van der Waals surface area contributed by atoms with E-state index >= 15 is 0 Å². The molecule has 0 unspecified atom stereocenters. The third-order valence-electron chi connectivity index (χ3n) is 3.14. The van der Waals surface area contributed by atoms with Gasteiger partial charge in [0.2, 0.25) is 0 Å². The van der Waals surface area contributed by atoms with E-state index in [2.05, 4.69) is 29.5 Å². The Balaban J connectivity index is 2.05. The number of nitrogens with one attached hydrogen (secondary N) is 2. The predicted molar refractivity (Wildman–Crippen MR) is 83.2 cm³/mol. The van der Waals surface area contributed by atoms with Crippen molar-refractivity contribution in [2.24, 2.45) is 5.92 Å². The van der Waals surface area contributed by atoms with Crippen molar-refractivity contribution in [3.05, 3.63) is 4.88 Å². The summed E-state index contributed by atoms with van der Waals surface area (Å²) in [7, 11) is 0. The first kappa shape index (κ1) is 15.1. The van der Waals surface area contributed by atoms with E-state index in [1.165, 1.54) is 11.3 Å². The molecule has 2 rings (SSSR count). The van der Waals surface area contributed by atoms with Crippen molar-refractivity contribution in [3.8, 4) is 0 Å². The molecular formula is C13H23N5OS. The molecule has 0 atom stereocenters. The molecule has 112 valence electrons. The van der Waals surface area contributed by atoms with Crippen molar-refractivity contribution in [1.29, 1.82) is 0 Å². The lowest BCUT2D eigenvalue weighted by Gasteiger charge is -2.18. The molecule has 0 saturated carbocycles. The van der Waals surface area contributed by atoms with Gasteiger partial charge in [0.25, 0.3) is 5.91 Å². The summed E-state index contributed by atoms with van der Waals surface area (Å²) in [5.74, 6) is 0.862. The lowest BCUT2D eigenvalue weighted by Crippen LogP contribution is -2.34. The second-order valence-corrected chi connectivity index (χ2v) is 6.40. The molecule has 0 radical (unpaired) electrons. The van der Waals surface area contributed by atoms with E-state index < -0.39 is 0 Å². The molecule has 0 aliphatic carbocycles. The molecule has 1 aliphatic heterocycles. The van der Waals surface area contributed by atoms with E-state index in [1.807, 2.05) is 4.90 Å². The quantitative estimate of drug-likeness (QED) is 0.778. The highest BCUT2D eigenvalue weighted by Gasteiger charge is 2.22. The average molecular weight is 297 g/mol. The van der Waals surface area contributed by atoms with Crippen LogP contribution in [-0.4, -0.2) is 48.5 Å². The Bertz CT molecular complexity index is 452. The molecule has 0 aromatic carbocycles. The first-order chi connectivity index (χ1) is 9.58. The number of hydrogen-bond donors (Lipinski definition) is 3. The van der Waals surface area contributed by atoms with Crippen LogP contribution < -0.4 is 16.4 Å². The van der Waals surface area contributed by atoms with Crippen LogP contribution in [-0.2, 0) is 0 Å². The van der Waals surface area contributed by atoms with Crippen LogP contribution in [0.25, 0.3) is 0 Å². The van der Waals surface area contributed by atoms with Gasteiger partial charge in [-0.1, -0.05) is 25.2 Å². The Morgan fingerprint density at radius 2 is 2.30 bits per heavy atom. The number of nitrogens with zero attached hydrogens (tertiary/aromatic N) is 2. The minimum atomic E-state index is 0.00120. The number of nitrogens with two attached hydrogens (primary N) is 1. The molecule has 1 aromatic rings. The number of carbonyl (C=O) groups is 1. The molecule has 20 heavy (non-hydrogen) atoms. The van der Waals surface area contributed by atoms with Gasteiger partial charge in [-0.3, -0.25) is 4.79 Å². The molecule has 7 heteroatoms. The summed E-state index contributed by atoms with van der Waals surface area (Å²) in [6.45, 7) is 8.38. The third-order valence-corrected chi connectivity index (χ3v) is 4.15. The number of aromatic nitrogens is 1. The Hall–Kier alpha value is -1.34. The largest absolute Gasteiger partial charge is 0.382 e. The molecule has 6 nitrogen and oxygen atoms in total. The van der Waals surface area contributed by atoms with Gasteiger partial charge in [-0.15, -0.1) is 0 Å². The fourth-order valence-corrected chi connectivity index (χ4v) is 2.90. The number of carbonyl (C=O) groups excluding carboxylic acids is 1. The first-order valence-corrected chi connectivity index (χ1v) is 7.89. The minimum Gasteiger partial charge on any atom is -0.382 e. The SMILES string of the molecule is CC(C)CNc1nc(N)c(C(=O)N2CCCNCC2)s1. The first-order valence-electron chi connectivity index (χ1n) is 7.08. The maximum Gasteiger partial charge on any atom is 0.267 e. The average Bonchev–Trinajstić information content (AvgIpc) is 2.63. The van der Waals surface area contributed by atoms with E-state index in [0.717, 1.165) is 44.3 Å². The second kappa shape index (κ2) is 6.90. The molecule has 1 fully saturated rings. The summed E-state index contributed by atoms with van der Waals surface area (Å²) < 4.78 is 0. The monoisotopic (exact) mass is 297 g/mol. The number of thiazole rings is 1. The smallest absolute Gasteiger partial charge is 0.267 e. The summed E-state index contributed by atoms with van der Waals surface area (Å²) in [6, 6.07) is 0. The molecule has 0 spiro atoms. The highest BCUT2D eigenvalue weighted by atomic mass is 32.1. The lowest BCUT2D eigenvalue weighted by atomic mass is 10.2. The van der Waals surface area contributed by atoms with Crippen molar-refractivity contribution < 1.29 is 4.79 Å². The standard InChI is InChI=1S/C13H23N5OS/c1-9(2)8-16-13-17-11(14)10(20-13)12(19)18-6-3-4-15-5-7-18/h9,15H,3-8,14H2,1-2H3,(H,16,17). The van der Waals surface area contributed by atoms with E-state index in [1.54, 1.807) is 0 Å². The normalized spacial score (nSPS) is 16.2. The zero-order chi connectivity index (χ0) is 14.5. The number of amides is 1. The zero-order valence-electron chi connectivity index (χ0n) is 12.1. The van der Waals surface area contributed by atoms with Crippen LogP contribution in [0.5, 0.6) is 0 Å². The van der Waals surface area contributed by atoms with Crippen LogP contribution in [0, 0.1) is 5.92 Å². The Kier molecular flexibility index (Phi) is 5.19. The Labute approximate surface area is 123 Å². The number of anilines is 2. The molecule has 4 N–H and O–H groups in total. The van der Waals surface area contributed by atoms with Crippen LogP contribution in [0.15, 0.2) is 0 Å². The lowest BCUT2D eigenvalue weighted by molar-refractivity contribution is 0.0772. The predicted octanol–water partition coefficient (Wildman–Crippen LogP) is 1.23. The summed E-state index contributed by atoms with van der Waals surface area (Å²) >= 11 is 1.35. The fourth-order valence-electron chi connectivity index (χ4n) is 2.04. The molecule has 0 bridgehead atoms. The third kappa shape index (κ3) is 3.83. The van der Waals surface area contributed by atoms with Crippen molar-refractivity contribution in [1.82, 2.24) is 15.2 Å². The molecule has 1 saturated heterocycles. The highest BCUT2D eigenvalue weighted by molar-refractivity contribution is 7.18. The summed E-state index contributed by atoms with van der Waals surface area (Å²) in [5.41, 5.74) is 5.89. The Morgan fingerprint density at radius 1 is 1.50 bits per heavy atom.